The molecule has 1 aliphatic rings. The van der Waals surface area contributed by atoms with Crippen molar-refractivity contribution < 1.29 is 19.1 Å². The Morgan fingerprint density at radius 1 is 1.26 bits per heavy atom. The number of amides is 3. The molecule has 0 radical (unpaired) electrons. The fourth-order valence-corrected chi connectivity index (χ4v) is 3.47. The molecule has 1 saturated heterocycles. The second-order valence-electron chi connectivity index (χ2n) is 5.38. The Morgan fingerprint density at radius 3 is 2.78 bits per heavy atom. The quantitative estimate of drug-likeness (QED) is 0.635. The number of nitrogens with one attached hydrogen (secondary N) is 2. The van der Waals surface area contributed by atoms with Gasteiger partial charge < -0.3 is 10.1 Å². The average molecular weight is 468 g/mol. The molecule has 6 nitrogen and oxygen atoms in total. The van der Waals surface area contributed by atoms with Crippen LogP contribution in [0.2, 0.25) is 5.02 Å². The topological polar surface area (TPSA) is 84.5 Å². The number of ether oxygens (including phenoxy) is 1. The molecule has 1 aliphatic heterocycles. The summed E-state index contributed by atoms with van der Waals surface area (Å²) in [6.45, 7) is -0.234. The smallest absolute Gasteiger partial charge is 0.290 e. The summed E-state index contributed by atoms with van der Waals surface area (Å²) in [5, 5.41) is 4.96. The van der Waals surface area contributed by atoms with Gasteiger partial charge in [-0.2, -0.15) is 0 Å². The minimum atomic E-state index is -0.463. The molecule has 138 valence electrons. The van der Waals surface area contributed by atoms with Crippen molar-refractivity contribution in [2.45, 2.75) is 0 Å². The van der Waals surface area contributed by atoms with Crippen molar-refractivity contribution in [2.24, 2.45) is 0 Å². The first-order valence-corrected chi connectivity index (χ1v) is 9.62. The van der Waals surface area contributed by atoms with Gasteiger partial charge in [0.05, 0.1) is 4.91 Å². The van der Waals surface area contributed by atoms with Crippen molar-refractivity contribution >= 4 is 68.1 Å². The van der Waals surface area contributed by atoms with Gasteiger partial charge in [-0.1, -0.05) is 33.6 Å². The number of thioether (sulfide) groups is 1. The third-order valence-electron chi connectivity index (χ3n) is 3.37. The molecule has 1 heterocycles. The van der Waals surface area contributed by atoms with Crippen LogP contribution in [0, 0.1) is 0 Å². The second-order valence-corrected chi connectivity index (χ2v) is 7.75. The van der Waals surface area contributed by atoms with Gasteiger partial charge in [-0.15, -0.1) is 0 Å². The molecule has 3 amide bonds. The molecule has 2 N–H and O–H groups in total. The number of rotatable bonds is 5. The molecule has 0 aliphatic carbocycles. The number of halogens is 2. The van der Waals surface area contributed by atoms with Crippen LogP contribution in [0.1, 0.15) is 5.56 Å². The van der Waals surface area contributed by atoms with Crippen LogP contribution in [-0.4, -0.2) is 23.7 Å². The maximum Gasteiger partial charge on any atom is 0.290 e. The molecule has 2 aromatic carbocycles. The number of anilines is 1. The summed E-state index contributed by atoms with van der Waals surface area (Å²) in [5.74, 6) is -0.420. The SMILES string of the molecule is O=C(COc1ccc(Br)cc1/C=C1\SC(=O)NC1=O)Nc1cccc(Cl)c1. The van der Waals surface area contributed by atoms with Crippen LogP contribution in [-0.2, 0) is 9.59 Å². The van der Waals surface area contributed by atoms with Gasteiger partial charge in [-0.05, 0) is 54.2 Å². The zero-order valence-electron chi connectivity index (χ0n) is 13.6. The second kappa shape index (κ2) is 8.60. The number of carbonyl (C=O) groups is 3. The Hall–Kier alpha value is -2.29. The monoisotopic (exact) mass is 466 g/mol. The summed E-state index contributed by atoms with van der Waals surface area (Å²) >= 11 is 10.1. The molecule has 0 unspecified atom stereocenters. The van der Waals surface area contributed by atoms with E-state index in [1.54, 1.807) is 48.5 Å². The molecule has 2 aromatic rings. The van der Waals surface area contributed by atoms with E-state index in [9.17, 15) is 14.4 Å². The molecule has 0 aromatic heterocycles. The summed E-state index contributed by atoms with van der Waals surface area (Å²) in [7, 11) is 0. The zero-order valence-corrected chi connectivity index (χ0v) is 16.8. The highest BCUT2D eigenvalue weighted by Gasteiger charge is 2.25. The average Bonchev–Trinajstić information content (AvgIpc) is 2.91. The Labute approximate surface area is 172 Å². The molecular formula is C18H12BrClN2O4S. The number of hydrogen-bond acceptors (Lipinski definition) is 5. The number of hydrogen-bond donors (Lipinski definition) is 2. The van der Waals surface area contributed by atoms with E-state index in [-0.39, 0.29) is 17.4 Å². The van der Waals surface area contributed by atoms with E-state index in [0.717, 1.165) is 16.2 Å². The predicted molar refractivity (Wildman–Crippen MR) is 109 cm³/mol. The fraction of sp³-hybridized carbons (Fsp3) is 0.0556. The van der Waals surface area contributed by atoms with E-state index in [1.165, 1.54) is 0 Å². The summed E-state index contributed by atoms with van der Waals surface area (Å²) < 4.78 is 6.36. The third kappa shape index (κ3) is 5.35. The Balaban J connectivity index is 1.71. The van der Waals surface area contributed by atoms with E-state index >= 15 is 0 Å². The Morgan fingerprint density at radius 2 is 2.07 bits per heavy atom. The predicted octanol–water partition coefficient (Wildman–Crippen LogP) is 4.44. The van der Waals surface area contributed by atoms with Crippen molar-refractivity contribution in [2.75, 3.05) is 11.9 Å². The molecule has 9 heteroatoms. The van der Waals surface area contributed by atoms with Crippen LogP contribution < -0.4 is 15.4 Å². The Bertz CT molecular complexity index is 964. The third-order valence-corrected chi connectivity index (χ3v) is 4.91. The van der Waals surface area contributed by atoms with Gasteiger partial charge in [0.25, 0.3) is 17.1 Å². The number of carbonyl (C=O) groups excluding carboxylic acids is 3. The highest BCUT2D eigenvalue weighted by Crippen LogP contribution is 2.31. The van der Waals surface area contributed by atoms with Gasteiger partial charge in [0.15, 0.2) is 6.61 Å². The van der Waals surface area contributed by atoms with Crippen molar-refractivity contribution in [3.63, 3.8) is 0 Å². The largest absolute Gasteiger partial charge is 0.483 e. The zero-order chi connectivity index (χ0) is 19.4. The van der Waals surface area contributed by atoms with Crippen molar-refractivity contribution in [3.05, 3.63) is 62.4 Å². The fourth-order valence-electron chi connectivity index (χ4n) is 2.23. The normalized spacial score (nSPS) is 15.0. The van der Waals surface area contributed by atoms with Gasteiger partial charge in [-0.3, -0.25) is 19.7 Å². The first kappa shape index (κ1) is 19.5. The minimum absolute atomic E-state index is 0.234. The lowest BCUT2D eigenvalue weighted by atomic mass is 10.2. The van der Waals surface area contributed by atoms with E-state index in [2.05, 4.69) is 26.6 Å². The first-order valence-electron chi connectivity index (χ1n) is 7.63. The molecule has 3 rings (SSSR count). The van der Waals surface area contributed by atoms with E-state index < -0.39 is 11.1 Å². The highest BCUT2D eigenvalue weighted by molar-refractivity contribution is 9.10. The molecule has 0 bridgehead atoms. The minimum Gasteiger partial charge on any atom is -0.483 e. The van der Waals surface area contributed by atoms with Crippen molar-refractivity contribution in [3.8, 4) is 5.75 Å². The summed E-state index contributed by atoms with van der Waals surface area (Å²) in [6, 6.07) is 11.9. The molecule has 1 fully saturated rings. The lowest BCUT2D eigenvalue weighted by Gasteiger charge is -2.11. The maximum absolute atomic E-state index is 12.1. The van der Waals surface area contributed by atoms with Crippen LogP contribution in [0.4, 0.5) is 10.5 Å². The standard InChI is InChI=1S/C18H12BrClN2O4S/c19-11-4-5-14(10(6-11)7-15-17(24)22-18(25)27-15)26-9-16(23)21-13-3-1-2-12(20)8-13/h1-8H,9H2,(H,21,23)(H,22,24,25)/b15-7-. The van der Waals surface area contributed by atoms with E-state index in [0.29, 0.717) is 22.0 Å². The van der Waals surface area contributed by atoms with Gasteiger partial charge in [0, 0.05) is 20.7 Å². The van der Waals surface area contributed by atoms with Crippen molar-refractivity contribution in [1.29, 1.82) is 0 Å². The van der Waals surface area contributed by atoms with Crippen molar-refractivity contribution in [1.82, 2.24) is 5.32 Å². The molecular weight excluding hydrogens is 456 g/mol. The number of imide groups is 1. The lowest BCUT2D eigenvalue weighted by Crippen LogP contribution is -2.20. The molecule has 0 saturated carbocycles. The van der Waals surface area contributed by atoms with Crippen LogP contribution in [0.5, 0.6) is 5.75 Å². The first-order chi connectivity index (χ1) is 12.9. The molecule has 0 spiro atoms. The Kier molecular flexibility index (Phi) is 6.20. The van der Waals surface area contributed by atoms with Crippen LogP contribution in [0.15, 0.2) is 51.8 Å². The highest BCUT2D eigenvalue weighted by atomic mass is 79.9. The van der Waals surface area contributed by atoms with Gasteiger partial charge >= 0.3 is 0 Å². The van der Waals surface area contributed by atoms with Crippen LogP contribution in [0.25, 0.3) is 6.08 Å². The van der Waals surface area contributed by atoms with Crippen LogP contribution in [0.3, 0.4) is 0 Å². The van der Waals surface area contributed by atoms with Gasteiger partial charge in [-0.25, -0.2) is 0 Å². The summed E-state index contributed by atoms with van der Waals surface area (Å²) in [5.41, 5.74) is 1.12. The van der Waals surface area contributed by atoms with E-state index in [4.69, 9.17) is 16.3 Å². The van der Waals surface area contributed by atoms with Crippen LogP contribution >= 0.6 is 39.3 Å². The lowest BCUT2D eigenvalue weighted by molar-refractivity contribution is -0.118. The van der Waals surface area contributed by atoms with E-state index in [1.807, 2.05) is 0 Å². The van der Waals surface area contributed by atoms with Gasteiger partial charge in [0.2, 0.25) is 0 Å². The number of benzene rings is 2. The maximum atomic E-state index is 12.1. The summed E-state index contributed by atoms with van der Waals surface area (Å²) in [4.78, 5) is 35.4. The molecule has 0 atom stereocenters. The van der Waals surface area contributed by atoms with Gasteiger partial charge in [0.1, 0.15) is 5.75 Å². The molecule has 27 heavy (non-hydrogen) atoms. The summed E-state index contributed by atoms with van der Waals surface area (Å²) in [6.07, 6.45) is 1.54.